The Labute approximate surface area is 71.7 Å². The quantitative estimate of drug-likeness (QED) is 0.677. The molecule has 1 rings (SSSR count). The first-order valence-electron chi connectivity index (χ1n) is 3.59. The van der Waals surface area contributed by atoms with Crippen molar-refractivity contribution >= 4 is 6.08 Å². The molecule has 0 radical (unpaired) electrons. The van der Waals surface area contributed by atoms with Gasteiger partial charge in [-0.25, -0.2) is 0 Å². The molecule has 0 atom stereocenters. The molecule has 0 heterocycles. The van der Waals surface area contributed by atoms with Crippen molar-refractivity contribution in [2.45, 2.75) is 0 Å². The highest BCUT2D eigenvalue weighted by atomic mass is 16.5. The third kappa shape index (κ3) is 1.86. The SMILES string of the molecule is C=Cc1ccccc1OCC#N. The molecule has 0 N–H and O–H groups in total. The van der Waals surface area contributed by atoms with Crippen LogP contribution in [0.4, 0.5) is 0 Å². The van der Waals surface area contributed by atoms with Gasteiger partial charge in [-0.2, -0.15) is 5.26 Å². The summed E-state index contributed by atoms with van der Waals surface area (Å²) in [6.45, 7) is 3.71. The first kappa shape index (κ1) is 8.35. The van der Waals surface area contributed by atoms with Gasteiger partial charge in [-0.05, 0) is 6.07 Å². The minimum absolute atomic E-state index is 0.0743. The maximum atomic E-state index is 8.29. The van der Waals surface area contributed by atoms with Gasteiger partial charge in [0.15, 0.2) is 6.61 Å². The largest absolute Gasteiger partial charge is 0.478 e. The van der Waals surface area contributed by atoms with Gasteiger partial charge in [0.25, 0.3) is 0 Å². The van der Waals surface area contributed by atoms with Crippen molar-refractivity contribution in [2.24, 2.45) is 0 Å². The topological polar surface area (TPSA) is 33.0 Å². The molecule has 2 heteroatoms. The fourth-order valence-corrected chi connectivity index (χ4v) is 0.891. The van der Waals surface area contributed by atoms with Crippen molar-refractivity contribution in [3.8, 4) is 11.8 Å². The van der Waals surface area contributed by atoms with E-state index in [0.717, 1.165) is 5.56 Å². The number of nitrogens with zero attached hydrogens (tertiary/aromatic N) is 1. The first-order chi connectivity index (χ1) is 5.88. The number of hydrogen-bond acceptors (Lipinski definition) is 2. The summed E-state index contributed by atoms with van der Waals surface area (Å²) in [5.41, 5.74) is 0.910. The summed E-state index contributed by atoms with van der Waals surface area (Å²) in [4.78, 5) is 0. The first-order valence-corrected chi connectivity index (χ1v) is 3.59. The monoisotopic (exact) mass is 159 g/mol. The predicted molar refractivity (Wildman–Crippen MR) is 47.6 cm³/mol. The molecular formula is C10H9NO. The summed E-state index contributed by atoms with van der Waals surface area (Å²) in [5.74, 6) is 0.703. The van der Waals surface area contributed by atoms with Crippen molar-refractivity contribution in [2.75, 3.05) is 6.61 Å². The zero-order valence-corrected chi connectivity index (χ0v) is 6.66. The Morgan fingerprint density at radius 3 is 2.92 bits per heavy atom. The lowest BCUT2D eigenvalue weighted by atomic mass is 10.2. The molecule has 1 aromatic rings. The lowest BCUT2D eigenvalue weighted by molar-refractivity contribution is 0.367. The average molecular weight is 159 g/mol. The second kappa shape index (κ2) is 4.20. The van der Waals surface area contributed by atoms with Crippen LogP contribution in [0.3, 0.4) is 0 Å². The van der Waals surface area contributed by atoms with E-state index in [1.54, 1.807) is 6.08 Å². The molecular weight excluding hydrogens is 150 g/mol. The second-order valence-corrected chi connectivity index (χ2v) is 2.19. The third-order valence-electron chi connectivity index (χ3n) is 1.43. The molecule has 1 aromatic carbocycles. The van der Waals surface area contributed by atoms with Crippen LogP contribution in [0, 0.1) is 11.3 Å². The number of ether oxygens (including phenoxy) is 1. The van der Waals surface area contributed by atoms with E-state index in [-0.39, 0.29) is 6.61 Å². The molecule has 0 fully saturated rings. The van der Waals surface area contributed by atoms with E-state index in [2.05, 4.69) is 6.58 Å². The normalized spacial score (nSPS) is 8.58. The molecule has 0 saturated carbocycles. The summed E-state index contributed by atoms with van der Waals surface area (Å²) in [6.07, 6.45) is 1.70. The Morgan fingerprint density at radius 2 is 2.25 bits per heavy atom. The van der Waals surface area contributed by atoms with Gasteiger partial charge in [0.05, 0.1) is 0 Å². The molecule has 0 bridgehead atoms. The predicted octanol–water partition coefficient (Wildman–Crippen LogP) is 2.23. The van der Waals surface area contributed by atoms with Crippen LogP contribution in [0.5, 0.6) is 5.75 Å². The summed E-state index contributed by atoms with van der Waals surface area (Å²) in [6, 6.07) is 9.37. The van der Waals surface area contributed by atoms with Gasteiger partial charge in [-0.3, -0.25) is 0 Å². The van der Waals surface area contributed by atoms with Gasteiger partial charge in [-0.1, -0.05) is 30.9 Å². The van der Waals surface area contributed by atoms with Crippen LogP contribution in [0.25, 0.3) is 6.08 Å². The second-order valence-electron chi connectivity index (χ2n) is 2.19. The highest BCUT2D eigenvalue weighted by Crippen LogP contribution is 2.18. The molecule has 0 spiro atoms. The van der Waals surface area contributed by atoms with Crippen molar-refractivity contribution in [1.29, 1.82) is 5.26 Å². The minimum atomic E-state index is 0.0743. The van der Waals surface area contributed by atoms with Crippen LogP contribution in [0.2, 0.25) is 0 Å². The van der Waals surface area contributed by atoms with Crippen LogP contribution in [-0.2, 0) is 0 Å². The Bertz CT molecular complexity index is 312. The van der Waals surface area contributed by atoms with Gasteiger partial charge >= 0.3 is 0 Å². The molecule has 0 unspecified atom stereocenters. The summed E-state index contributed by atoms with van der Waals surface area (Å²) in [5, 5.41) is 8.29. The average Bonchev–Trinajstić information content (AvgIpc) is 2.15. The standard InChI is InChI=1S/C10H9NO/c1-2-9-5-3-4-6-10(9)12-8-7-11/h2-6H,1,8H2. The molecule has 0 aliphatic carbocycles. The molecule has 0 aliphatic heterocycles. The van der Waals surface area contributed by atoms with E-state index in [1.807, 2.05) is 30.3 Å². The van der Waals surface area contributed by atoms with E-state index in [0.29, 0.717) is 5.75 Å². The molecule has 12 heavy (non-hydrogen) atoms. The van der Waals surface area contributed by atoms with Gasteiger partial charge < -0.3 is 4.74 Å². The summed E-state index contributed by atoms with van der Waals surface area (Å²) in [7, 11) is 0. The van der Waals surface area contributed by atoms with Crippen molar-refractivity contribution in [3.05, 3.63) is 36.4 Å². The van der Waals surface area contributed by atoms with E-state index < -0.39 is 0 Å². The van der Waals surface area contributed by atoms with Crippen LogP contribution in [0.15, 0.2) is 30.8 Å². The maximum absolute atomic E-state index is 8.29. The summed E-state index contributed by atoms with van der Waals surface area (Å²) >= 11 is 0. The lowest BCUT2D eigenvalue weighted by Gasteiger charge is -2.03. The zero-order valence-electron chi connectivity index (χ0n) is 6.66. The number of benzene rings is 1. The van der Waals surface area contributed by atoms with Crippen molar-refractivity contribution < 1.29 is 4.74 Å². The minimum Gasteiger partial charge on any atom is -0.478 e. The van der Waals surface area contributed by atoms with Crippen molar-refractivity contribution in [3.63, 3.8) is 0 Å². The number of rotatable bonds is 3. The summed E-state index contributed by atoms with van der Waals surface area (Å²) < 4.78 is 5.14. The Kier molecular flexibility index (Phi) is 2.92. The fraction of sp³-hybridized carbons (Fsp3) is 0.100. The fourth-order valence-electron chi connectivity index (χ4n) is 0.891. The maximum Gasteiger partial charge on any atom is 0.174 e. The smallest absolute Gasteiger partial charge is 0.174 e. The molecule has 0 aliphatic rings. The molecule has 2 nitrogen and oxygen atoms in total. The number of hydrogen-bond donors (Lipinski definition) is 0. The zero-order chi connectivity index (χ0) is 8.81. The lowest BCUT2D eigenvalue weighted by Crippen LogP contribution is -1.94. The van der Waals surface area contributed by atoms with Gasteiger partial charge in [0.1, 0.15) is 11.8 Å². The molecule has 0 amide bonds. The number of para-hydroxylation sites is 1. The highest BCUT2D eigenvalue weighted by Gasteiger charge is 1.96. The van der Waals surface area contributed by atoms with E-state index >= 15 is 0 Å². The Morgan fingerprint density at radius 1 is 1.50 bits per heavy atom. The van der Waals surface area contributed by atoms with Crippen LogP contribution >= 0.6 is 0 Å². The molecule has 60 valence electrons. The van der Waals surface area contributed by atoms with Crippen molar-refractivity contribution in [1.82, 2.24) is 0 Å². The Balaban J connectivity index is 2.83. The Hall–Kier alpha value is -1.75. The number of nitriles is 1. The van der Waals surface area contributed by atoms with E-state index in [4.69, 9.17) is 10.00 Å². The van der Waals surface area contributed by atoms with E-state index in [1.165, 1.54) is 0 Å². The van der Waals surface area contributed by atoms with Crippen LogP contribution in [0.1, 0.15) is 5.56 Å². The molecule has 0 saturated heterocycles. The van der Waals surface area contributed by atoms with Crippen LogP contribution < -0.4 is 4.74 Å². The molecule has 0 aromatic heterocycles. The van der Waals surface area contributed by atoms with Crippen LogP contribution in [-0.4, -0.2) is 6.61 Å². The van der Waals surface area contributed by atoms with Gasteiger partial charge in [0.2, 0.25) is 0 Å². The van der Waals surface area contributed by atoms with Gasteiger partial charge in [0, 0.05) is 5.56 Å². The highest BCUT2D eigenvalue weighted by molar-refractivity contribution is 5.55. The third-order valence-corrected chi connectivity index (χ3v) is 1.43. The van der Waals surface area contributed by atoms with Gasteiger partial charge in [-0.15, -0.1) is 0 Å². The van der Waals surface area contributed by atoms with E-state index in [9.17, 15) is 0 Å².